The van der Waals surface area contributed by atoms with Gasteiger partial charge in [-0.15, -0.1) is 0 Å². The second-order valence-corrected chi connectivity index (χ2v) is 3.24. The summed E-state index contributed by atoms with van der Waals surface area (Å²) in [7, 11) is 0. The van der Waals surface area contributed by atoms with E-state index in [4.69, 9.17) is 15.9 Å². The van der Waals surface area contributed by atoms with Crippen molar-refractivity contribution in [2.24, 2.45) is 0 Å². The van der Waals surface area contributed by atoms with Gasteiger partial charge in [-0.2, -0.15) is 9.97 Å². The molecule has 0 aliphatic heterocycles. The van der Waals surface area contributed by atoms with Gasteiger partial charge in [0.05, 0.1) is 25.6 Å². The van der Waals surface area contributed by atoms with Crippen molar-refractivity contribution < 1.29 is 10.2 Å². The van der Waals surface area contributed by atoms with E-state index in [-0.39, 0.29) is 19.2 Å². The van der Waals surface area contributed by atoms with Crippen molar-refractivity contribution in [3.8, 4) is 0 Å². The summed E-state index contributed by atoms with van der Waals surface area (Å²) in [5, 5.41) is 20.8. The van der Waals surface area contributed by atoms with Crippen molar-refractivity contribution in [2.75, 3.05) is 24.3 Å². The summed E-state index contributed by atoms with van der Waals surface area (Å²) in [6.45, 7) is -0.425. The van der Waals surface area contributed by atoms with Gasteiger partial charge in [-0.1, -0.05) is 0 Å². The molecule has 0 aliphatic rings. The Hall–Kier alpha value is -1.93. The lowest BCUT2D eigenvalue weighted by Gasteiger charge is -2.14. The third-order valence-electron chi connectivity index (χ3n) is 2.08. The first-order valence-electron chi connectivity index (χ1n) is 4.69. The molecular formula is C8H12N6O2. The molecule has 8 nitrogen and oxygen atoms in total. The fourth-order valence-electron chi connectivity index (χ4n) is 1.30. The van der Waals surface area contributed by atoms with Crippen LogP contribution in [0.1, 0.15) is 0 Å². The number of aliphatic hydroxyl groups is 2. The largest absolute Gasteiger partial charge is 0.394 e. The summed E-state index contributed by atoms with van der Waals surface area (Å²) in [5.74, 6) is 0.491. The quantitative estimate of drug-likeness (QED) is 0.436. The third kappa shape index (κ3) is 1.88. The molecule has 2 heterocycles. The van der Waals surface area contributed by atoms with Gasteiger partial charge in [0.2, 0.25) is 5.95 Å². The average molecular weight is 224 g/mol. The minimum atomic E-state index is -0.499. The fraction of sp³-hybridized carbons (Fsp3) is 0.375. The zero-order valence-electron chi connectivity index (χ0n) is 8.38. The van der Waals surface area contributed by atoms with Crippen LogP contribution in [0.15, 0.2) is 6.33 Å². The number of nitrogens with two attached hydrogens (primary N) is 1. The highest BCUT2D eigenvalue weighted by Crippen LogP contribution is 2.17. The van der Waals surface area contributed by atoms with Crippen LogP contribution in [0.4, 0.5) is 11.8 Å². The van der Waals surface area contributed by atoms with Gasteiger partial charge in [0.1, 0.15) is 5.52 Å². The zero-order valence-corrected chi connectivity index (χ0v) is 8.38. The molecule has 0 spiro atoms. The lowest BCUT2D eigenvalue weighted by molar-refractivity contribution is 0.203. The van der Waals surface area contributed by atoms with Crippen molar-refractivity contribution in [3.05, 3.63) is 6.33 Å². The maximum Gasteiger partial charge on any atom is 0.224 e. The van der Waals surface area contributed by atoms with Gasteiger partial charge in [0, 0.05) is 0 Å². The van der Waals surface area contributed by atoms with E-state index >= 15 is 0 Å². The number of fused-ring (bicyclic) bond motifs is 1. The molecule has 0 amide bonds. The number of aromatic amines is 1. The van der Waals surface area contributed by atoms with Crippen LogP contribution in [0.5, 0.6) is 0 Å². The molecule has 0 fully saturated rings. The molecule has 2 aromatic heterocycles. The maximum absolute atomic E-state index is 8.96. The van der Waals surface area contributed by atoms with Crippen molar-refractivity contribution in [1.82, 2.24) is 19.9 Å². The molecular weight excluding hydrogens is 212 g/mol. The number of nitrogens with zero attached hydrogens (tertiary/aromatic N) is 3. The number of nitrogens with one attached hydrogen (secondary N) is 2. The van der Waals surface area contributed by atoms with Crippen molar-refractivity contribution in [1.29, 1.82) is 0 Å². The van der Waals surface area contributed by atoms with E-state index in [1.165, 1.54) is 6.33 Å². The van der Waals surface area contributed by atoms with Gasteiger partial charge < -0.3 is 26.2 Å². The molecule has 0 bridgehead atoms. The molecule has 16 heavy (non-hydrogen) atoms. The molecule has 0 aromatic carbocycles. The lowest BCUT2D eigenvalue weighted by Crippen LogP contribution is -2.28. The molecule has 0 atom stereocenters. The highest BCUT2D eigenvalue weighted by atomic mass is 16.3. The first-order valence-corrected chi connectivity index (χ1v) is 4.69. The zero-order chi connectivity index (χ0) is 11.5. The molecule has 0 saturated carbocycles. The van der Waals surface area contributed by atoms with Gasteiger partial charge >= 0.3 is 0 Å². The minimum Gasteiger partial charge on any atom is -0.394 e. The van der Waals surface area contributed by atoms with Crippen LogP contribution in [0.25, 0.3) is 11.2 Å². The van der Waals surface area contributed by atoms with Crippen LogP contribution in [0.3, 0.4) is 0 Å². The molecule has 2 rings (SSSR count). The van der Waals surface area contributed by atoms with Gasteiger partial charge in [0.15, 0.2) is 11.5 Å². The standard InChI is InChI=1S/C8H12N6O2/c9-8-13-6-5(10-3-11-6)7(14-8)12-4(1-15)2-16/h3-4,15-16H,1-2H2,(H4,9,10,11,12,13,14). The third-order valence-corrected chi connectivity index (χ3v) is 2.08. The van der Waals surface area contributed by atoms with Crippen LogP contribution < -0.4 is 11.1 Å². The van der Waals surface area contributed by atoms with E-state index in [2.05, 4.69) is 25.3 Å². The second-order valence-electron chi connectivity index (χ2n) is 3.24. The molecule has 8 heteroatoms. The van der Waals surface area contributed by atoms with E-state index < -0.39 is 6.04 Å². The van der Waals surface area contributed by atoms with Crippen molar-refractivity contribution in [3.63, 3.8) is 0 Å². The van der Waals surface area contributed by atoms with Crippen LogP contribution in [0, 0.1) is 0 Å². The van der Waals surface area contributed by atoms with Crippen molar-refractivity contribution >= 4 is 22.9 Å². The molecule has 0 radical (unpaired) electrons. The summed E-state index contributed by atoms with van der Waals surface area (Å²) < 4.78 is 0. The summed E-state index contributed by atoms with van der Waals surface area (Å²) in [6, 6.07) is -0.499. The normalized spacial score (nSPS) is 11.2. The summed E-state index contributed by atoms with van der Waals surface area (Å²) in [5.41, 5.74) is 6.52. The van der Waals surface area contributed by atoms with E-state index in [0.717, 1.165) is 0 Å². The highest BCUT2D eigenvalue weighted by Gasteiger charge is 2.12. The number of hydrogen-bond donors (Lipinski definition) is 5. The van der Waals surface area contributed by atoms with Crippen LogP contribution >= 0.6 is 0 Å². The Labute approximate surface area is 90.6 Å². The van der Waals surface area contributed by atoms with E-state index in [0.29, 0.717) is 17.0 Å². The van der Waals surface area contributed by atoms with Gasteiger partial charge in [-0.05, 0) is 0 Å². The summed E-state index contributed by atoms with van der Waals surface area (Å²) in [4.78, 5) is 14.7. The van der Waals surface area contributed by atoms with Gasteiger partial charge in [-0.25, -0.2) is 4.98 Å². The maximum atomic E-state index is 8.96. The van der Waals surface area contributed by atoms with Crippen LogP contribution in [-0.2, 0) is 0 Å². The predicted octanol–water partition coefficient (Wildman–Crippen LogP) is -1.30. The molecule has 86 valence electrons. The van der Waals surface area contributed by atoms with Gasteiger partial charge in [-0.3, -0.25) is 0 Å². The first-order chi connectivity index (χ1) is 7.74. The Bertz CT molecular complexity index is 480. The highest BCUT2D eigenvalue weighted by molar-refractivity contribution is 5.83. The second kappa shape index (κ2) is 4.29. The molecule has 0 saturated heterocycles. The van der Waals surface area contributed by atoms with Crippen LogP contribution in [-0.4, -0.2) is 49.4 Å². The van der Waals surface area contributed by atoms with Gasteiger partial charge in [0.25, 0.3) is 0 Å². The van der Waals surface area contributed by atoms with E-state index in [9.17, 15) is 0 Å². The number of H-pyrrole nitrogens is 1. The predicted molar refractivity (Wildman–Crippen MR) is 57.7 cm³/mol. The Morgan fingerprint density at radius 1 is 1.38 bits per heavy atom. The number of anilines is 2. The Morgan fingerprint density at radius 2 is 2.12 bits per heavy atom. The first kappa shape index (κ1) is 10.6. The minimum absolute atomic E-state index is 0.0803. The van der Waals surface area contributed by atoms with E-state index in [1.54, 1.807) is 0 Å². The average Bonchev–Trinajstić information content (AvgIpc) is 2.73. The smallest absolute Gasteiger partial charge is 0.224 e. The molecule has 0 aliphatic carbocycles. The molecule has 0 unspecified atom stereocenters. The van der Waals surface area contributed by atoms with Crippen molar-refractivity contribution in [2.45, 2.75) is 6.04 Å². The number of nitrogen functional groups attached to an aromatic ring is 1. The number of aromatic nitrogens is 4. The Morgan fingerprint density at radius 3 is 2.81 bits per heavy atom. The Kier molecular flexibility index (Phi) is 2.84. The van der Waals surface area contributed by atoms with Crippen LogP contribution in [0.2, 0.25) is 0 Å². The fourth-order valence-corrected chi connectivity index (χ4v) is 1.30. The number of imidazole rings is 1. The SMILES string of the molecule is Nc1nc(NC(CO)CO)c2[nH]cnc2n1. The molecule has 2 aromatic rings. The monoisotopic (exact) mass is 224 g/mol. The summed E-state index contributed by atoms with van der Waals surface area (Å²) >= 11 is 0. The topological polar surface area (TPSA) is 133 Å². The summed E-state index contributed by atoms with van der Waals surface area (Å²) in [6.07, 6.45) is 1.47. The Balaban J connectivity index is 2.38. The van der Waals surface area contributed by atoms with E-state index in [1.807, 2.05) is 0 Å². The lowest BCUT2D eigenvalue weighted by atomic mass is 10.3. The molecule has 6 N–H and O–H groups in total. The number of hydrogen-bond acceptors (Lipinski definition) is 7. The number of aliphatic hydroxyl groups excluding tert-OH is 2. The number of rotatable bonds is 4.